The maximum atomic E-state index is 12.0. The van der Waals surface area contributed by atoms with E-state index in [0.29, 0.717) is 6.04 Å². The standard InChI is InChI=1S/C14H23NO2S/c1-12-7-4-5-9-14(12)11-18(16,17)10-6-8-13(2)15-3/h4-5,7,9,13,15H,6,8,10-11H2,1-3H3. The van der Waals surface area contributed by atoms with Crippen molar-refractivity contribution in [2.24, 2.45) is 0 Å². The summed E-state index contributed by atoms with van der Waals surface area (Å²) in [6.07, 6.45) is 1.61. The van der Waals surface area contributed by atoms with Crippen molar-refractivity contribution in [1.82, 2.24) is 5.32 Å². The summed E-state index contributed by atoms with van der Waals surface area (Å²) < 4.78 is 24.0. The molecule has 1 unspecified atom stereocenters. The van der Waals surface area contributed by atoms with E-state index in [4.69, 9.17) is 0 Å². The number of aryl methyl sites for hydroxylation is 1. The van der Waals surface area contributed by atoms with Crippen LogP contribution < -0.4 is 5.32 Å². The lowest BCUT2D eigenvalue weighted by molar-refractivity contribution is 0.548. The van der Waals surface area contributed by atoms with Gasteiger partial charge in [0.1, 0.15) is 0 Å². The van der Waals surface area contributed by atoms with Gasteiger partial charge in [0.05, 0.1) is 11.5 Å². The molecule has 4 heteroatoms. The van der Waals surface area contributed by atoms with Crippen LogP contribution in [0.1, 0.15) is 30.9 Å². The highest BCUT2D eigenvalue weighted by Crippen LogP contribution is 2.13. The van der Waals surface area contributed by atoms with Crippen LogP contribution in [0, 0.1) is 6.92 Å². The van der Waals surface area contributed by atoms with Crippen molar-refractivity contribution in [3.8, 4) is 0 Å². The summed E-state index contributed by atoms with van der Waals surface area (Å²) in [5, 5.41) is 3.12. The van der Waals surface area contributed by atoms with Gasteiger partial charge in [-0.05, 0) is 44.9 Å². The molecule has 0 fully saturated rings. The monoisotopic (exact) mass is 269 g/mol. The second kappa shape index (κ2) is 6.90. The first-order valence-corrected chi connectivity index (χ1v) is 8.19. The van der Waals surface area contributed by atoms with Gasteiger partial charge < -0.3 is 5.32 Å². The van der Waals surface area contributed by atoms with Gasteiger partial charge in [-0.25, -0.2) is 8.42 Å². The number of rotatable bonds is 7. The Labute approximate surface area is 111 Å². The highest BCUT2D eigenvalue weighted by Gasteiger charge is 2.13. The Morgan fingerprint density at radius 2 is 1.94 bits per heavy atom. The zero-order chi connectivity index (χ0) is 13.6. The minimum absolute atomic E-state index is 0.160. The van der Waals surface area contributed by atoms with Crippen molar-refractivity contribution >= 4 is 9.84 Å². The predicted octanol–water partition coefficient (Wildman–Crippen LogP) is 2.30. The van der Waals surface area contributed by atoms with E-state index >= 15 is 0 Å². The van der Waals surface area contributed by atoms with E-state index in [9.17, 15) is 8.42 Å². The molecule has 0 aliphatic carbocycles. The maximum absolute atomic E-state index is 12.0. The van der Waals surface area contributed by atoms with Crippen LogP contribution in [0.3, 0.4) is 0 Å². The third kappa shape index (κ3) is 5.19. The van der Waals surface area contributed by atoms with Gasteiger partial charge >= 0.3 is 0 Å². The molecule has 0 saturated heterocycles. The third-order valence-electron chi connectivity index (χ3n) is 3.22. The topological polar surface area (TPSA) is 46.2 Å². The maximum Gasteiger partial charge on any atom is 0.154 e. The summed E-state index contributed by atoms with van der Waals surface area (Å²) in [5.74, 6) is 0.432. The molecule has 0 aromatic heterocycles. The van der Waals surface area contributed by atoms with Gasteiger partial charge in [-0.2, -0.15) is 0 Å². The second-order valence-corrected chi connectivity index (χ2v) is 7.03. The van der Waals surface area contributed by atoms with Gasteiger partial charge in [0.15, 0.2) is 9.84 Å². The minimum atomic E-state index is -2.99. The van der Waals surface area contributed by atoms with E-state index in [-0.39, 0.29) is 11.5 Å². The molecule has 0 bridgehead atoms. The van der Waals surface area contributed by atoms with Crippen molar-refractivity contribution in [2.45, 2.75) is 38.5 Å². The van der Waals surface area contributed by atoms with E-state index < -0.39 is 9.84 Å². The number of hydrogen-bond acceptors (Lipinski definition) is 3. The molecular weight excluding hydrogens is 246 g/mol. The molecule has 102 valence electrons. The Balaban J connectivity index is 2.53. The average molecular weight is 269 g/mol. The molecule has 0 saturated carbocycles. The van der Waals surface area contributed by atoms with Crippen molar-refractivity contribution in [2.75, 3.05) is 12.8 Å². The Hall–Kier alpha value is -0.870. The van der Waals surface area contributed by atoms with Gasteiger partial charge in [0.2, 0.25) is 0 Å². The summed E-state index contributed by atoms with van der Waals surface area (Å²) in [6, 6.07) is 8.04. The van der Waals surface area contributed by atoms with E-state index in [1.54, 1.807) is 0 Å². The summed E-state index contributed by atoms with van der Waals surface area (Å²) >= 11 is 0. The van der Waals surface area contributed by atoms with Crippen molar-refractivity contribution in [3.05, 3.63) is 35.4 Å². The quantitative estimate of drug-likeness (QED) is 0.826. The first-order chi connectivity index (χ1) is 8.44. The molecule has 1 rings (SSSR count). The molecule has 1 N–H and O–H groups in total. The van der Waals surface area contributed by atoms with E-state index in [0.717, 1.165) is 24.0 Å². The van der Waals surface area contributed by atoms with Crippen LogP contribution in [-0.4, -0.2) is 27.3 Å². The van der Waals surface area contributed by atoms with Crippen LogP contribution in [0.5, 0.6) is 0 Å². The minimum Gasteiger partial charge on any atom is -0.317 e. The molecule has 1 atom stereocenters. The van der Waals surface area contributed by atoms with Crippen LogP contribution in [-0.2, 0) is 15.6 Å². The van der Waals surface area contributed by atoms with Crippen LogP contribution in [0.2, 0.25) is 0 Å². The first kappa shape index (κ1) is 15.2. The van der Waals surface area contributed by atoms with E-state index in [1.165, 1.54) is 0 Å². The molecule has 0 spiro atoms. The van der Waals surface area contributed by atoms with Gasteiger partial charge in [0.25, 0.3) is 0 Å². The Bertz CT molecular complexity index is 468. The van der Waals surface area contributed by atoms with Crippen LogP contribution in [0.15, 0.2) is 24.3 Å². The molecule has 3 nitrogen and oxygen atoms in total. The average Bonchev–Trinajstić information content (AvgIpc) is 2.31. The van der Waals surface area contributed by atoms with E-state index in [1.807, 2.05) is 38.2 Å². The SMILES string of the molecule is CNC(C)CCCS(=O)(=O)Cc1ccccc1C. The molecule has 1 aromatic carbocycles. The van der Waals surface area contributed by atoms with Crippen LogP contribution in [0.25, 0.3) is 0 Å². The fourth-order valence-corrected chi connectivity index (χ4v) is 3.38. The zero-order valence-corrected chi connectivity index (χ0v) is 12.3. The normalized spacial score (nSPS) is 13.5. The molecule has 18 heavy (non-hydrogen) atoms. The highest BCUT2D eigenvalue weighted by atomic mass is 32.2. The van der Waals surface area contributed by atoms with Crippen LogP contribution >= 0.6 is 0 Å². The molecule has 0 aliphatic heterocycles. The molecule has 0 heterocycles. The molecule has 1 aromatic rings. The third-order valence-corrected chi connectivity index (χ3v) is 4.88. The fraction of sp³-hybridized carbons (Fsp3) is 0.571. The lowest BCUT2D eigenvalue weighted by Gasteiger charge is -2.10. The Kier molecular flexibility index (Phi) is 5.82. The Morgan fingerprint density at radius 3 is 2.56 bits per heavy atom. The number of benzene rings is 1. The van der Waals surface area contributed by atoms with E-state index in [2.05, 4.69) is 12.2 Å². The largest absolute Gasteiger partial charge is 0.317 e. The van der Waals surface area contributed by atoms with Crippen molar-refractivity contribution < 1.29 is 8.42 Å². The highest BCUT2D eigenvalue weighted by molar-refractivity contribution is 7.90. The second-order valence-electron chi connectivity index (χ2n) is 4.85. The number of hydrogen-bond donors (Lipinski definition) is 1. The van der Waals surface area contributed by atoms with Crippen molar-refractivity contribution in [3.63, 3.8) is 0 Å². The van der Waals surface area contributed by atoms with Gasteiger partial charge in [-0.1, -0.05) is 24.3 Å². The Morgan fingerprint density at radius 1 is 1.28 bits per heavy atom. The smallest absolute Gasteiger partial charge is 0.154 e. The summed E-state index contributed by atoms with van der Waals surface area (Å²) in [5.41, 5.74) is 1.96. The first-order valence-electron chi connectivity index (χ1n) is 6.37. The molecular formula is C14H23NO2S. The summed E-state index contributed by atoms with van der Waals surface area (Å²) in [4.78, 5) is 0. The molecule has 0 aliphatic rings. The summed E-state index contributed by atoms with van der Waals surface area (Å²) in [6.45, 7) is 4.02. The molecule has 0 radical (unpaired) electrons. The van der Waals surface area contributed by atoms with Crippen molar-refractivity contribution in [1.29, 1.82) is 0 Å². The predicted molar refractivity (Wildman–Crippen MR) is 76.4 cm³/mol. The van der Waals surface area contributed by atoms with Gasteiger partial charge in [0, 0.05) is 6.04 Å². The lowest BCUT2D eigenvalue weighted by atomic mass is 10.1. The zero-order valence-electron chi connectivity index (χ0n) is 11.4. The van der Waals surface area contributed by atoms with Crippen LogP contribution in [0.4, 0.5) is 0 Å². The lowest BCUT2D eigenvalue weighted by Crippen LogP contribution is -2.22. The molecule has 0 amide bonds. The van der Waals surface area contributed by atoms with Gasteiger partial charge in [-0.3, -0.25) is 0 Å². The summed E-state index contributed by atoms with van der Waals surface area (Å²) in [7, 11) is -1.09. The number of sulfone groups is 1. The fourth-order valence-electron chi connectivity index (χ4n) is 1.83. The number of nitrogens with one attached hydrogen (secondary N) is 1. The van der Waals surface area contributed by atoms with Gasteiger partial charge in [-0.15, -0.1) is 0 Å².